The predicted molar refractivity (Wildman–Crippen MR) is 55.8 cm³/mol. The monoisotopic (exact) mass is 271 g/mol. The minimum Gasteiger partial charge on any atom is -0.496 e. The molecule has 0 heterocycles. The summed E-state index contributed by atoms with van der Waals surface area (Å²) in [6, 6.07) is 4.13. The van der Waals surface area contributed by atoms with Gasteiger partial charge in [0.05, 0.1) is 29.6 Å². The van der Waals surface area contributed by atoms with Crippen LogP contribution in [0.1, 0.15) is 15.9 Å². The lowest BCUT2D eigenvalue weighted by molar-refractivity contribution is 0.101. The van der Waals surface area contributed by atoms with Gasteiger partial charge in [0.15, 0.2) is 5.78 Å². The summed E-state index contributed by atoms with van der Waals surface area (Å²) in [6.07, 6.45) is 0. The lowest BCUT2D eigenvalue weighted by Gasteiger charge is -2.07. The third kappa shape index (κ3) is 2.34. The second-order valence-corrected chi connectivity index (χ2v) is 3.26. The Morgan fingerprint density at radius 1 is 1.67 bits per heavy atom. The molecule has 0 bridgehead atoms. The van der Waals surface area contributed by atoms with Crippen LogP contribution in [0.15, 0.2) is 12.1 Å². The molecule has 0 amide bonds. The number of nitriles is 1. The molecule has 1 aromatic rings. The van der Waals surface area contributed by atoms with Crippen molar-refractivity contribution in [1.82, 2.24) is 0 Å². The second-order valence-electron chi connectivity index (χ2n) is 2.70. The number of halogens is 2. The van der Waals surface area contributed by atoms with E-state index in [1.54, 1.807) is 6.07 Å². The molecule has 5 heteroatoms. The molecule has 0 atom stereocenters. The number of carbonyl (C=O) groups is 1. The maximum atomic E-state index is 13.4. The molecule has 0 aromatic heterocycles. The van der Waals surface area contributed by atoms with E-state index >= 15 is 0 Å². The van der Waals surface area contributed by atoms with Crippen LogP contribution in [0.3, 0.4) is 0 Å². The molecule has 0 fully saturated rings. The van der Waals surface area contributed by atoms with Gasteiger partial charge in [-0.15, -0.1) is 0 Å². The van der Waals surface area contributed by atoms with E-state index < -0.39 is 11.6 Å². The Kier molecular flexibility index (Phi) is 3.81. The van der Waals surface area contributed by atoms with Crippen molar-refractivity contribution in [2.24, 2.45) is 0 Å². The van der Waals surface area contributed by atoms with E-state index in [0.717, 1.165) is 6.07 Å². The Morgan fingerprint density at radius 3 is 2.80 bits per heavy atom. The highest BCUT2D eigenvalue weighted by Crippen LogP contribution is 2.24. The first kappa shape index (κ1) is 11.7. The smallest absolute Gasteiger partial charge is 0.180 e. The lowest BCUT2D eigenvalue weighted by Crippen LogP contribution is -2.07. The molecular formula is C10H7BrFNO2. The highest BCUT2D eigenvalue weighted by atomic mass is 79.9. The molecule has 1 aromatic carbocycles. The van der Waals surface area contributed by atoms with Gasteiger partial charge in [-0.05, 0) is 12.1 Å². The number of benzene rings is 1. The fourth-order valence-electron chi connectivity index (χ4n) is 1.14. The number of hydrogen-bond donors (Lipinski definition) is 0. The predicted octanol–water partition coefficient (Wildman–Crippen LogP) is 2.28. The number of rotatable bonds is 3. The van der Waals surface area contributed by atoms with Crippen molar-refractivity contribution < 1.29 is 13.9 Å². The topological polar surface area (TPSA) is 50.1 Å². The molecule has 0 saturated carbocycles. The molecule has 0 aliphatic carbocycles. The number of methoxy groups -OCH3 is 1. The Hall–Kier alpha value is -1.41. The Balaban J connectivity index is 3.39. The van der Waals surface area contributed by atoms with Crippen LogP contribution in [-0.4, -0.2) is 18.2 Å². The number of hydrogen-bond acceptors (Lipinski definition) is 3. The van der Waals surface area contributed by atoms with Crippen molar-refractivity contribution in [3.8, 4) is 11.8 Å². The van der Waals surface area contributed by atoms with Crippen molar-refractivity contribution in [2.45, 2.75) is 0 Å². The molecule has 3 nitrogen and oxygen atoms in total. The van der Waals surface area contributed by atoms with Gasteiger partial charge in [-0.1, -0.05) is 15.9 Å². The number of Topliss-reactive ketones (excluding diaryl/α,β-unsaturated/α-hetero) is 1. The van der Waals surface area contributed by atoms with Crippen LogP contribution in [0.5, 0.6) is 5.75 Å². The molecule has 0 radical (unpaired) electrons. The quantitative estimate of drug-likeness (QED) is 0.626. The van der Waals surface area contributed by atoms with E-state index in [1.807, 2.05) is 0 Å². The van der Waals surface area contributed by atoms with Gasteiger partial charge in [0, 0.05) is 0 Å². The zero-order chi connectivity index (χ0) is 11.4. The number of ether oxygens (including phenoxy) is 1. The molecule has 0 saturated heterocycles. The van der Waals surface area contributed by atoms with Gasteiger partial charge in [0.2, 0.25) is 0 Å². The summed E-state index contributed by atoms with van der Waals surface area (Å²) < 4.78 is 18.3. The minimum absolute atomic E-state index is 0.00613. The normalized spacial score (nSPS) is 9.47. The summed E-state index contributed by atoms with van der Waals surface area (Å²) in [5.74, 6) is -1.08. The van der Waals surface area contributed by atoms with Crippen molar-refractivity contribution in [3.05, 3.63) is 29.1 Å². The van der Waals surface area contributed by atoms with Crippen LogP contribution in [-0.2, 0) is 0 Å². The molecule has 1 rings (SSSR count). The van der Waals surface area contributed by atoms with Gasteiger partial charge in [0.25, 0.3) is 0 Å². The Labute approximate surface area is 94.6 Å². The van der Waals surface area contributed by atoms with Crippen LogP contribution < -0.4 is 4.74 Å². The van der Waals surface area contributed by atoms with Gasteiger partial charge in [0.1, 0.15) is 11.6 Å². The van der Waals surface area contributed by atoms with E-state index in [-0.39, 0.29) is 22.2 Å². The SMILES string of the molecule is COc1cc(C#N)cc(F)c1C(=O)CBr. The van der Waals surface area contributed by atoms with Gasteiger partial charge in [-0.2, -0.15) is 5.26 Å². The number of alkyl halides is 1. The van der Waals surface area contributed by atoms with Crippen molar-refractivity contribution in [3.63, 3.8) is 0 Å². The largest absolute Gasteiger partial charge is 0.496 e. The zero-order valence-electron chi connectivity index (χ0n) is 7.88. The van der Waals surface area contributed by atoms with Crippen LogP contribution in [0, 0.1) is 17.1 Å². The van der Waals surface area contributed by atoms with Crippen LogP contribution in [0.2, 0.25) is 0 Å². The molecule has 0 aliphatic rings. The third-order valence-electron chi connectivity index (χ3n) is 1.80. The zero-order valence-corrected chi connectivity index (χ0v) is 9.47. The van der Waals surface area contributed by atoms with Crippen LogP contribution in [0.25, 0.3) is 0 Å². The summed E-state index contributed by atoms with van der Waals surface area (Å²) >= 11 is 2.95. The van der Waals surface area contributed by atoms with E-state index in [4.69, 9.17) is 10.00 Å². The Bertz CT molecular complexity index is 440. The molecule has 0 N–H and O–H groups in total. The molecule has 0 spiro atoms. The highest BCUT2D eigenvalue weighted by molar-refractivity contribution is 9.09. The first-order valence-electron chi connectivity index (χ1n) is 4.00. The molecule has 0 unspecified atom stereocenters. The summed E-state index contributed by atoms with van der Waals surface area (Å²) in [5.41, 5.74) is -0.0103. The maximum Gasteiger partial charge on any atom is 0.180 e. The molecule has 0 aliphatic heterocycles. The average molecular weight is 272 g/mol. The minimum atomic E-state index is -0.740. The fraction of sp³-hybridized carbons (Fsp3) is 0.200. The molecular weight excluding hydrogens is 265 g/mol. The van der Waals surface area contributed by atoms with Gasteiger partial charge in [-0.25, -0.2) is 4.39 Å². The average Bonchev–Trinajstić information content (AvgIpc) is 2.26. The summed E-state index contributed by atoms with van der Waals surface area (Å²) in [7, 11) is 1.32. The first-order valence-corrected chi connectivity index (χ1v) is 5.13. The van der Waals surface area contributed by atoms with Crippen molar-refractivity contribution >= 4 is 21.7 Å². The Morgan fingerprint density at radius 2 is 2.33 bits per heavy atom. The second kappa shape index (κ2) is 4.89. The number of ketones is 1. The van der Waals surface area contributed by atoms with Crippen LogP contribution >= 0.6 is 15.9 Å². The number of nitrogens with zero attached hydrogens (tertiary/aromatic N) is 1. The first-order chi connectivity index (χ1) is 7.13. The molecule has 15 heavy (non-hydrogen) atoms. The van der Waals surface area contributed by atoms with Gasteiger partial charge >= 0.3 is 0 Å². The van der Waals surface area contributed by atoms with Crippen LogP contribution in [0.4, 0.5) is 4.39 Å². The van der Waals surface area contributed by atoms with Crippen molar-refractivity contribution in [2.75, 3.05) is 12.4 Å². The fourth-order valence-corrected chi connectivity index (χ4v) is 1.42. The summed E-state index contributed by atoms with van der Waals surface area (Å²) in [5, 5.41) is 8.61. The van der Waals surface area contributed by atoms with E-state index in [9.17, 15) is 9.18 Å². The van der Waals surface area contributed by atoms with E-state index in [1.165, 1.54) is 13.2 Å². The van der Waals surface area contributed by atoms with E-state index in [2.05, 4.69) is 15.9 Å². The lowest BCUT2D eigenvalue weighted by atomic mass is 10.1. The summed E-state index contributed by atoms with van der Waals surface area (Å²) in [4.78, 5) is 11.4. The standard InChI is InChI=1S/C10H7BrFNO2/c1-15-9-3-6(5-13)2-7(12)10(9)8(14)4-11/h2-3H,4H2,1H3. The van der Waals surface area contributed by atoms with Gasteiger partial charge < -0.3 is 4.74 Å². The van der Waals surface area contributed by atoms with E-state index in [0.29, 0.717) is 0 Å². The van der Waals surface area contributed by atoms with Gasteiger partial charge in [-0.3, -0.25) is 4.79 Å². The summed E-state index contributed by atoms with van der Waals surface area (Å²) in [6.45, 7) is 0. The number of carbonyl (C=O) groups excluding carboxylic acids is 1. The highest BCUT2D eigenvalue weighted by Gasteiger charge is 2.17. The molecule has 78 valence electrons. The van der Waals surface area contributed by atoms with Crippen molar-refractivity contribution in [1.29, 1.82) is 5.26 Å². The maximum absolute atomic E-state index is 13.4. The third-order valence-corrected chi connectivity index (χ3v) is 2.31.